The quantitative estimate of drug-likeness (QED) is 0.684. The van der Waals surface area contributed by atoms with Crippen LogP contribution in [0.15, 0.2) is 11.1 Å². The van der Waals surface area contributed by atoms with Gasteiger partial charge in [-0.3, -0.25) is 9.59 Å². The van der Waals surface area contributed by atoms with Crippen LogP contribution in [-0.4, -0.2) is 35.0 Å². The minimum atomic E-state index is -1.05. The number of carbonyl (C=O) groups is 2. The molecule has 0 radical (unpaired) electrons. The maximum absolute atomic E-state index is 13.9. The summed E-state index contributed by atoms with van der Waals surface area (Å²) in [5.41, 5.74) is -1.08. The Morgan fingerprint density at radius 2 is 1.69 bits per heavy atom. The number of carbonyl (C=O) groups excluding carboxylic acids is 2. The highest BCUT2D eigenvalue weighted by molar-refractivity contribution is 6.45. The Balaban J connectivity index is 2.29. The van der Waals surface area contributed by atoms with Crippen molar-refractivity contribution in [3.05, 3.63) is 11.1 Å². The standard InChI is InChI=1S/C25H40O4/c1-10-29-18-11-14(3)24(9)19(16(18)5)17(6)25(28)12-13(2)15(4)20(23(25,7)8)21(26)22(24)27/h13-14,16-19,28H,10-12H2,1-9H3/t13-,14-,16-,17-,18+,19-,24+,25+/m0/s1. The topological polar surface area (TPSA) is 63.6 Å². The van der Waals surface area contributed by atoms with E-state index in [1.54, 1.807) is 0 Å². The third kappa shape index (κ3) is 2.77. The van der Waals surface area contributed by atoms with Gasteiger partial charge in [-0.25, -0.2) is 0 Å². The first kappa shape index (κ1) is 22.7. The van der Waals surface area contributed by atoms with Crippen LogP contribution in [0.2, 0.25) is 0 Å². The van der Waals surface area contributed by atoms with Crippen LogP contribution >= 0.6 is 0 Å². The fraction of sp³-hybridized carbons (Fsp3) is 0.840. The molecular weight excluding hydrogens is 364 g/mol. The Bertz CT molecular complexity index is 750. The van der Waals surface area contributed by atoms with Crippen LogP contribution in [0.4, 0.5) is 0 Å². The Kier molecular flexibility index (Phi) is 5.49. The van der Waals surface area contributed by atoms with Gasteiger partial charge in [0.25, 0.3) is 0 Å². The van der Waals surface area contributed by atoms with Crippen molar-refractivity contribution in [3.63, 3.8) is 0 Å². The molecule has 164 valence electrons. The molecule has 4 nitrogen and oxygen atoms in total. The van der Waals surface area contributed by atoms with Gasteiger partial charge < -0.3 is 9.84 Å². The van der Waals surface area contributed by atoms with Crippen molar-refractivity contribution in [2.45, 2.75) is 86.9 Å². The summed E-state index contributed by atoms with van der Waals surface area (Å²) in [7, 11) is 0. The van der Waals surface area contributed by atoms with Crippen LogP contribution in [0.5, 0.6) is 0 Å². The predicted molar refractivity (Wildman–Crippen MR) is 114 cm³/mol. The van der Waals surface area contributed by atoms with E-state index >= 15 is 0 Å². The molecule has 3 rings (SSSR count). The molecule has 1 N–H and O–H groups in total. The van der Waals surface area contributed by atoms with Crippen molar-refractivity contribution in [3.8, 4) is 0 Å². The summed E-state index contributed by atoms with van der Waals surface area (Å²) in [6.45, 7) is 18.9. The zero-order chi connectivity index (χ0) is 22.1. The Labute approximate surface area is 176 Å². The van der Waals surface area contributed by atoms with E-state index in [1.807, 2.05) is 34.6 Å². The highest BCUT2D eigenvalue weighted by Gasteiger charge is 2.66. The number of Topliss-reactive ketones (excluding diaryl/α,β-unsaturated/α-hetero) is 2. The lowest BCUT2D eigenvalue weighted by Crippen LogP contribution is -2.67. The zero-order valence-corrected chi connectivity index (χ0v) is 19.8. The molecule has 2 bridgehead atoms. The SMILES string of the molecule is CCO[C@@H]1C[C@H](C)[C@@]2(C)C(=O)C(=O)C3=C(C)[C@@H](C)C[C@@](O)([C@@H](C)[C@@H]2[C@H]1C)C3(C)C. The van der Waals surface area contributed by atoms with Crippen molar-refractivity contribution in [2.24, 2.45) is 40.4 Å². The summed E-state index contributed by atoms with van der Waals surface area (Å²) in [4.78, 5) is 27.6. The molecule has 0 aliphatic heterocycles. The summed E-state index contributed by atoms with van der Waals surface area (Å²) in [5.74, 6) is -0.699. The number of aliphatic hydroxyl groups is 1. The number of ketones is 2. The number of fused-ring (bicyclic) bond motifs is 3. The molecule has 0 heterocycles. The average molecular weight is 405 g/mol. The van der Waals surface area contributed by atoms with E-state index in [2.05, 4.69) is 27.7 Å². The van der Waals surface area contributed by atoms with Crippen molar-refractivity contribution in [2.75, 3.05) is 6.61 Å². The minimum absolute atomic E-state index is 0.0167. The lowest BCUT2D eigenvalue weighted by Gasteiger charge is -2.62. The van der Waals surface area contributed by atoms with Gasteiger partial charge in [-0.15, -0.1) is 0 Å². The second kappa shape index (κ2) is 7.02. The molecule has 0 aromatic carbocycles. The van der Waals surface area contributed by atoms with Crippen molar-refractivity contribution in [1.29, 1.82) is 0 Å². The second-order valence-electron chi connectivity index (χ2n) is 11.0. The van der Waals surface area contributed by atoms with Gasteiger partial charge in [0, 0.05) is 23.0 Å². The van der Waals surface area contributed by atoms with Crippen LogP contribution < -0.4 is 0 Å². The van der Waals surface area contributed by atoms with Crippen molar-refractivity contribution < 1.29 is 19.4 Å². The third-order valence-electron chi connectivity index (χ3n) is 9.51. The number of ether oxygens (including phenoxy) is 1. The maximum Gasteiger partial charge on any atom is 0.225 e. The van der Waals surface area contributed by atoms with Gasteiger partial charge in [0.1, 0.15) is 0 Å². The maximum atomic E-state index is 13.9. The third-order valence-corrected chi connectivity index (χ3v) is 9.51. The van der Waals surface area contributed by atoms with Crippen LogP contribution in [0.3, 0.4) is 0 Å². The number of allylic oxidation sites excluding steroid dienone is 1. The molecule has 0 saturated heterocycles. The fourth-order valence-corrected chi connectivity index (χ4v) is 7.40. The molecule has 3 aliphatic rings. The smallest absolute Gasteiger partial charge is 0.225 e. The van der Waals surface area contributed by atoms with E-state index in [-0.39, 0.29) is 47.3 Å². The van der Waals surface area contributed by atoms with Gasteiger partial charge in [-0.05, 0) is 56.3 Å². The fourth-order valence-electron chi connectivity index (χ4n) is 7.40. The van der Waals surface area contributed by atoms with E-state index in [0.29, 0.717) is 18.6 Å². The molecule has 29 heavy (non-hydrogen) atoms. The highest BCUT2D eigenvalue weighted by atomic mass is 16.5. The Morgan fingerprint density at radius 3 is 2.24 bits per heavy atom. The van der Waals surface area contributed by atoms with Crippen LogP contribution in [0, 0.1) is 40.4 Å². The molecule has 2 fully saturated rings. The van der Waals surface area contributed by atoms with Crippen LogP contribution in [0.1, 0.15) is 75.2 Å². The summed E-state index contributed by atoms with van der Waals surface area (Å²) < 4.78 is 6.08. The van der Waals surface area contributed by atoms with Crippen molar-refractivity contribution >= 4 is 11.6 Å². The largest absolute Gasteiger partial charge is 0.389 e. The first-order chi connectivity index (χ1) is 13.3. The molecule has 0 amide bonds. The first-order valence-corrected chi connectivity index (χ1v) is 11.4. The normalized spacial score (nSPS) is 47.5. The monoisotopic (exact) mass is 404 g/mol. The van der Waals surface area contributed by atoms with Crippen LogP contribution in [0.25, 0.3) is 0 Å². The number of rotatable bonds is 2. The second-order valence-corrected chi connectivity index (χ2v) is 11.0. The molecule has 0 unspecified atom stereocenters. The van der Waals surface area contributed by atoms with Gasteiger partial charge >= 0.3 is 0 Å². The summed E-state index contributed by atoms with van der Waals surface area (Å²) >= 11 is 0. The van der Waals surface area contributed by atoms with Gasteiger partial charge in [-0.1, -0.05) is 54.0 Å². The highest BCUT2D eigenvalue weighted by Crippen LogP contribution is 2.62. The van der Waals surface area contributed by atoms with Crippen molar-refractivity contribution in [1.82, 2.24) is 0 Å². The molecule has 4 heteroatoms. The first-order valence-electron chi connectivity index (χ1n) is 11.4. The minimum Gasteiger partial charge on any atom is -0.389 e. The molecular formula is C25H40O4. The van der Waals surface area contributed by atoms with E-state index in [4.69, 9.17) is 4.74 Å². The Morgan fingerprint density at radius 1 is 1.10 bits per heavy atom. The van der Waals surface area contributed by atoms with E-state index < -0.39 is 16.4 Å². The van der Waals surface area contributed by atoms with Gasteiger partial charge in [0.15, 0.2) is 0 Å². The number of hydrogen-bond donors (Lipinski definition) is 1. The molecule has 0 spiro atoms. The zero-order valence-electron chi connectivity index (χ0n) is 19.8. The lowest BCUT2D eigenvalue weighted by molar-refractivity contribution is -0.197. The predicted octanol–water partition coefficient (Wildman–Crippen LogP) is 4.59. The summed E-state index contributed by atoms with van der Waals surface area (Å²) in [5, 5.41) is 12.2. The molecule has 3 aliphatic carbocycles. The average Bonchev–Trinajstić information content (AvgIpc) is 2.63. The molecule has 0 aromatic rings. The number of hydrogen-bond acceptors (Lipinski definition) is 4. The summed E-state index contributed by atoms with van der Waals surface area (Å²) in [6.07, 6.45) is 1.43. The van der Waals surface area contributed by atoms with Crippen LogP contribution in [-0.2, 0) is 14.3 Å². The van der Waals surface area contributed by atoms with E-state index in [9.17, 15) is 14.7 Å². The Hall–Kier alpha value is -1.00. The van der Waals surface area contributed by atoms with E-state index in [0.717, 1.165) is 12.0 Å². The summed E-state index contributed by atoms with van der Waals surface area (Å²) in [6, 6.07) is 0. The van der Waals surface area contributed by atoms with Gasteiger partial charge in [0.2, 0.25) is 11.6 Å². The van der Waals surface area contributed by atoms with Gasteiger partial charge in [0.05, 0.1) is 11.7 Å². The van der Waals surface area contributed by atoms with E-state index in [1.165, 1.54) is 0 Å². The lowest BCUT2D eigenvalue weighted by atomic mass is 9.43. The molecule has 2 saturated carbocycles. The molecule has 0 aromatic heterocycles. The molecule has 8 atom stereocenters. The van der Waals surface area contributed by atoms with Gasteiger partial charge in [-0.2, -0.15) is 0 Å².